The number of nitro groups is 1. The van der Waals surface area contributed by atoms with Crippen LogP contribution in [0.2, 0.25) is 0 Å². The first-order valence-corrected chi connectivity index (χ1v) is 7.90. The van der Waals surface area contributed by atoms with Crippen molar-refractivity contribution in [2.75, 3.05) is 0 Å². The summed E-state index contributed by atoms with van der Waals surface area (Å²) in [7, 11) is 0. The zero-order valence-corrected chi connectivity index (χ0v) is 14.3. The van der Waals surface area contributed by atoms with Gasteiger partial charge in [-0.15, -0.1) is 0 Å². The normalized spacial score (nSPS) is 15.5. The molecule has 0 N–H and O–H groups in total. The Balaban J connectivity index is 2.17. The van der Waals surface area contributed by atoms with Crippen LogP contribution in [0.3, 0.4) is 0 Å². The Hall–Kier alpha value is -2.44. The van der Waals surface area contributed by atoms with Gasteiger partial charge in [-0.25, -0.2) is 4.79 Å². The Morgan fingerprint density at radius 3 is 2.21 bits per heavy atom. The van der Waals surface area contributed by atoms with Crippen LogP contribution in [0.4, 0.5) is 10.5 Å². The summed E-state index contributed by atoms with van der Waals surface area (Å²) in [5, 5.41) is 10.7. The van der Waals surface area contributed by atoms with Gasteiger partial charge in [-0.3, -0.25) is 19.8 Å². The van der Waals surface area contributed by atoms with Gasteiger partial charge in [-0.05, 0) is 52.7 Å². The molecule has 7 heteroatoms. The lowest BCUT2D eigenvalue weighted by molar-refractivity contribution is -0.384. The average molecular weight is 334 g/mol. The standard InChI is InChI=1S/C17H22N2O5/c1-11(15(20)12-5-7-14(8-6-12)19(22)23)18(13-9-10-13)16(21)24-17(2,3)4/h5-8,11,13H,9-10H2,1-4H3. The molecule has 1 aliphatic rings. The van der Waals surface area contributed by atoms with E-state index in [0.717, 1.165) is 12.8 Å². The molecule has 7 nitrogen and oxygen atoms in total. The van der Waals surface area contributed by atoms with Crippen molar-refractivity contribution in [3.63, 3.8) is 0 Å². The van der Waals surface area contributed by atoms with Crippen molar-refractivity contribution in [3.05, 3.63) is 39.9 Å². The lowest BCUT2D eigenvalue weighted by Crippen LogP contribution is -2.47. The maximum atomic E-state index is 12.7. The van der Waals surface area contributed by atoms with Gasteiger partial charge in [0.05, 0.1) is 11.0 Å². The van der Waals surface area contributed by atoms with Crippen LogP contribution >= 0.6 is 0 Å². The molecule has 0 aliphatic heterocycles. The number of ether oxygens (including phenoxy) is 1. The Morgan fingerprint density at radius 2 is 1.79 bits per heavy atom. The first-order chi connectivity index (χ1) is 11.1. The fourth-order valence-electron chi connectivity index (χ4n) is 2.41. The van der Waals surface area contributed by atoms with Crippen LogP contribution in [0.25, 0.3) is 0 Å². The van der Waals surface area contributed by atoms with E-state index in [0.29, 0.717) is 5.56 Å². The summed E-state index contributed by atoms with van der Waals surface area (Å²) in [5.74, 6) is -0.261. The fourth-order valence-corrected chi connectivity index (χ4v) is 2.41. The number of rotatable bonds is 5. The average Bonchev–Trinajstić information content (AvgIpc) is 3.29. The highest BCUT2D eigenvalue weighted by Crippen LogP contribution is 2.31. The third-order valence-corrected chi connectivity index (χ3v) is 3.70. The molecule has 1 aliphatic carbocycles. The maximum Gasteiger partial charge on any atom is 0.411 e. The SMILES string of the molecule is CC(C(=O)c1ccc([N+](=O)[O-])cc1)N(C(=O)OC(C)(C)C)C1CC1. The number of carbonyl (C=O) groups excluding carboxylic acids is 2. The fraction of sp³-hybridized carbons (Fsp3) is 0.529. The molecule has 0 spiro atoms. The van der Waals surface area contributed by atoms with E-state index >= 15 is 0 Å². The van der Waals surface area contributed by atoms with Crippen molar-refractivity contribution in [3.8, 4) is 0 Å². The van der Waals surface area contributed by atoms with Crippen molar-refractivity contribution in [2.45, 2.75) is 58.2 Å². The number of non-ortho nitro benzene ring substituents is 1. The van der Waals surface area contributed by atoms with Crippen molar-refractivity contribution in [2.24, 2.45) is 0 Å². The molecule has 1 saturated carbocycles. The van der Waals surface area contributed by atoms with Crippen molar-refractivity contribution < 1.29 is 19.2 Å². The largest absolute Gasteiger partial charge is 0.444 e. The number of ketones is 1. The molecular weight excluding hydrogens is 312 g/mol. The highest BCUT2D eigenvalue weighted by Gasteiger charge is 2.40. The third-order valence-electron chi connectivity index (χ3n) is 3.70. The first kappa shape index (κ1) is 17.9. The van der Waals surface area contributed by atoms with E-state index in [1.807, 2.05) is 0 Å². The van der Waals surface area contributed by atoms with Gasteiger partial charge < -0.3 is 4.74 Å². The highest BCUT2D eigenvalue weighted by atomic mass is 16.6. The number of amides is 1. The lowest BCUT2D eigenvalue weighted by atomic mass is 10.0. The second-order valence-electron chi connectivity index (χ2n) is 6.96. The predicted molar refractivity (Wildman–Crippen MR) is 88.0 cm³/mol. The number of hydrogen-bond donors (Lipinski definition) is 0. The van der Waals surface area contributed by atoms with Gasteiger partial charge in [0.1, 0.15) is 5.60 Å². The molecule has 0 heterocycles. The Labute approximate surface area is 140 Å². The molecule has 130 valence electrons. The predicted octanol–water partition coefficient (Wildman–Crippen LogP) is 3.57. The molecule has 1 unspecified atom stereocenters. The number of carbonyl (C=O) groups is 2. The summed E-state index contributed by atoms with van der Waals surface area (Å²) in [6.07, 6.45) is 1.18. The van der Waals surface area contributed by atoms with Crippen molar-refractivity contribution >= 4 is 17.6 Å². The van der Waals surface area contributed by atoms with E-state index in [2.05, 4.69) is 0 Å². The molecule has 1 aromatic rings. The van der Waals surface area contributed by atoms with Gasteiger partial charge >= 0.3 is 6.09 Å². The summed E-state index contributed by atoms with van der Waals surface area (Å²) in [6, 6.07) is 4.73. The summed E-state index contributed by atoms with van der Waals surface area (Å²) < 4.78 is 5.40. The third kappa shape index (κ3) is 4.31. The molecule has 0 radical (unpaired) electrons. The van der Waals surface area contributed by atoms with Gasteiger partial charge in [0, 0.05) is 23.7 Å². The van der Waals surface area contributed by atoms with E-state index in [9.17, 15) is 19.7 Å². The van der Waals surface area contributed by atoms with Crippen LogP contribution in [0.1, 0.15) is 50.9 Å². The van der Waals surface area contributed by atoms with Crippen LogP contribution in [0.15, 0.2) is 24.3 Å². The molecule has 2 rings (SSSR count). The number of nitro benzene ring substituents is 1. The molecule has 24 heavy (non-hydrogen) atoms. The van der Waals surface area contributed by atoms with Gasteiger partial charge in [0.15, 0.2) is 5.78 Å². The van der Waals surface area contributed by atoms with Crippen molar-refractivity contribution in [1.82, 2.24) is 4.90 Å². The molecule has 0 aromatic heterocycles. The Bertz CT molecular complexity index is 644. The minimum Gasteiger partial charge on any atom is -0.444 e. The molecule has 1 aromatic carbocycles. The van der Waals surface area contributed by atoms with Gasteiger partial charge in [0.25, 0.3) is 5.69 Å². The number of hydrogen-bond acceptors (Lipinski definition) is 5. The van der Waals surface area contributed by atoms with Crippen molar-refractivity contribution in [1.29, 1.82) is 0 Å². The number of benzene rings is 1. The number of nitrogens with zero attached hydrogens (tertiary/aromatic N) is 2. The minimum atomic E-state index is -0.686. The van der Waals surface area contributed by atoms with Gasteiger partial charge in [-0.1, -0.05) is 0 Å². The van der Waals surface area contributed by atoms with Crippen LogP contribution in [-0.2, 0) is 4.74 Å². The minimum absolute atomic E-state index is 0.0110. The topological polar surface area (TPSA) is 89.8 Å². The van der Waals surface area contributed by atoms with Crippen LogP contribution in [0.5, 0.6) is 0 Å². The van der Waals surface area contributed by atoms with Crippen LogP contribution in [-0.4, -0.2) is 39.4 Å². The summed E-state index contributed by atoms with van der Waals surface area (Å²) in [5.41, 5.74) is -0.381. The Kier molecular flexibility index (Phi) is 4.91. The highest BCUT2D eigenvalue weighted by molar-refractivity contribution is 6.01. The van der Waals surface area contributed by atoms with Gasteiger partial charge in [-0.2, -0.15) is 0 Å². The molecule has 1 amide bonds. The molecule has 1 fully saturated rings. The Morgan fingerprint density at radius 1 is 1.25 bits per heavy atom. The lowest BCUT2D eigenvalue weighted by Gasteiger charge is -2.31. The second-order valence-corrected chi connectivity index (χ2v) is 6.96. The quantitative estimate of drug-likeness (QED) is 0.466. The van der Waals surface area contributed by atoms with Crippen LogP contribution < -0.4 is 0 Å². The maximum absolute atomic E-state index is 12.7. The summed E-state index contributed by atoms with van der Waals surface area (Å²) in [6.45, 7) is 6.99. The van der Waals surface area contributed by atoms with E-state index in [1.54, 1.807) is 27.7 Å². The molecular formula is C17H22N2O5. The summed E-state index contributed by atoms with van der Waals surface area (Å²) >= 11 is 0. The first-order valence-electron chi connectivity index (χ1n) is 7.90. The number of Topliss-reactive ketones (excluding diaryl/α,β-unsaturated/α-hetero) is 1. The zero-order chi connectivity index (χ0) is 18.1. The van der Waals surface area contributed by atoms with E-state index in [1.165, 1.54) is 29.2 Å². The second kappa shape index (κ2) is 6.59. The van der Waals surface area contributed by atoms with Crippen LogP contribution in [0, 0.1) is 10.1 Å². The van der Waals surface area contributed by atoms with E-state index in [-0.39, 0.29) is 17.5 Å². The van der Waals surface area contributed by atoms with E-state index in [4.69, 9.17) is 4.74 Å². The molecule has 0 bridgehead atoms. The monoisotopic (exact) mass is 334 g/mol. The van der Waals surface area contributed by atoms with E-state index < -0.39 is 22.7 Å². The molecule has 0 saturated heterocycles. The smallest absolute Gasteiger partial charge is 0.411 e. The summed E-state index contributed by atoms with van der Waals surface area (Å²) in [4.78, 5) is 36.7. The van der Waals surface area contributed by atoms with Gasteiger partial charge in [0.2, 0.25) is 0 Å². The zero-order valence-electron chi connectivity index (χ0n) is 14.3. The molecule has 1 atom stereocenters.